The van der Waals surface area contributed by atoms with Crippen LogP contribution in [0.2, 0.25) is 0 Å². The first-order valence-corrected chi connectivity index (χ1v) is 6.69. The zero-order chi connectivity index (χ0) is 15.7. The molecule has 1 aromatic rings. The summed E-state index contributed by atoms with van der Waals surface area (Å²) in [5.74, 6) is -0.649. The summed E-state index contributed by atoms with van der Waals surface area (Å²) in [5.41, 5.74) is 6.68. The Morgan fingerprint density at radius 3 is 2.71 bits per heavy atom. The van der Waals surface area contributed by atoms with Crippen molar-refractivity contribution in [3.05, 3.63) is 24.0 Å². The van der Waals surface area contributed by atoms with Gasteiger partial charge in [-0.1, -0.05) is 0 Å². The van der Waals surface area contributed by atoms with Gasteiger partial charge in [0.1, 0.15) is 6.54 Å². The molecule has 0 aliphatic heterocycles. The zero-order valence-corrected chi connectivity index (χ0v) is 12.4. The fraction of sp³-hybridized carbons (Fsp3) is 0.500. The average Bonchev–Trinajstić information content (AvgIpc) is 2.46. The molecule has 116 valence electrons. The number of hydrogen-bond acceptors (Lipinski definition) is 6. The van der Waals surface area contributed by atoms with Gasteiger partial charge >= 0.3 is 5.97 Å². The Hall–Kier alpha value is -2.15. The molecule has 21 heavy (non-hydrogen) atoms. The normalized spacial score (nSPS) is 10.2. The van der Waals surface area contributed by atoms with E-state index < -0.39 is 5.97 Å². The number of amides is 1. The minimum Gasteiger partial charge on any atom is -0.465 e. The molecule has 0 fully saturated rings. The number of nitrogens with zero attached hydrogens (tertiary/aromatic N) is 2. The van der Waals surface area contributed by atoms with Crippen LogP contribution in [0.15, 0.2) is 18.3 Å². The topological polar surface area (TPSA) is 94.8 Å². The van der Waals surface area contributed by atoms with Gasteiger partial charge in [-0.25, -0.2) is 0 Å². The van der Waals surface area contributed by atoms with Crippen LogP contribution in [-0.4, -0.2) is 55.2 Å². The molecule has 0 saturated heterocycles. The van der Waals surface area contributed by atoms with E-state index >= 15 is 0 Å². The van der Waals surface area contributed by atoms with Crippen molar-refractivity contribution in [2.45, 2.75) is 13.3 Å². The summed E-state index contributed by atoms with van der Waals surface area (Å²) < 4.78 is 9.81. The smallest absolute Gasteiger partial charge is 0.325 e. The van der Waals surface area contributed by atoms with Crippen LogP contribution in [0.5, 0.6) is 0 Å². The molecule has 0 radical (unpaired) electrons. The van der Waals surface area contributed by atoms with Gasteiger partial charge in [-0.2, -0.15) is 0 Å². The molecule has 7 heteroatoms. The summed E-state index contributed by atoms with van der Waals surface area (Å²) in [7, 11) is 1.54. The molecule has 0 unspecified atom stereocenters. The predicted molar refractivity (Wildman–Crippen MR) is 77.4 cm³/mol. The highest BCUT2D eigenvalue weighted by atomic mass is 16.5. The second-order valence-electron chi connectivity index (χ2n) is 4.37. The molecule has 1 heterocycles. The van der Waals surface area contributed by atoms with Gasteiger partial charge in [0.15, 0.2) is 0 Å². The van der Waals surface area contributed by atoms with Crippen LogP contribution in [0.4, 0.5) is 5.69 Å². The molecular formula is C14H21N3O4. The molecule has 2 N–H and O–H groups in total. The molecule has 0 saturated carbocycles. The van der Waals surface area contributed by atoms with Crippen LogP contribution in [0.1, 0.15) is 12.6 Å². The number of anilines is 1. The highest BCUT2D eigenvalue weighted by Gasteiger charge is 2.18. The maximum absolute atomic E-state index is 12.2. The Labute approximate surface area is 124 Å². The Bertz CT molecular complexity index is 462. The van der Waals surface area contributed by atoms with E-state index in [1.165, 1.54) is 18.2 Å². The van der Waals surface area contributed by atoms with Crippen LogP contribution < -0.4 is 5.73 Å². The highest BCUT2D eigenvalue weighted by Crippen LogP contribution is 2.04. The monoisotopic (exact) mass is 295 g/mol. The summed E-state index contributed by atoms with van der Waals surface area (Å²) >= 11 is 0. The fourth-order valence-corrected chi connectivity index (χ4v) is 1.66. The lowest BCUT2D eigenvalue weighted by molar-refractivity contribution is -0.149. The number of nitrogen functional groups attached to an aromatic ring is 1. The van der Waals surface area contributed by atoms with E-state index in [2.05, 4.69) is 4.98 Å². The van der Waals surface area contributed by atoms with Gasteiger partial charge in [-0.05, 0) is 19.1 Å². The standard InChI is InChI=1S/C14H21N3O4/c1-3-21-14(19)10-17(6-7-20-2)13(18)8-12-5-4-11(15)9-16-12/h4-5,9H,3,6-8,10,15H2,1-2H3. The molecule has 7 nitrogen and oxygen atoms in total. The van der Waals surface area contributed by atoms with E-state index in [9.17, 15) is 9.59 Å². The van der Waals surface area contributed by atoms with Crippen LogP contribution in [-0.2, 0) is 25.5 Å². The molecule has 0 bridgehead atoms. The number of hydrogen-bond donors (Lipinski definition) is 1. The van der Waals surface area contributed by atoms with Crippen molar-refractivity contribution in [3.63, 3.8) is 0 Å². The van der Waals surface area contributed by atoms with E-state index in [0.29, 0.717) is 24.5 Å². The first-order chi connectivity index (χ1) is 10.1. The van der Waals surface area contributed by atoms with Crippen LogP contribution in [0.3, 0.4) is 0 Å². The lowest BCUT2D eigenvalue weighted by Crippen LogP contribution is -2.39. The van der Waals surface area contributed by atoms with E-state index in [4.69, 9.17) is 15.2 Å². The fourth-order valence-electron chi connectivity index (χ4n) is 1.66. The molecule has 1 aromatic heterocycles. The molecule has 0 aromatic carbocycles. The first kappa shape index (κ1) is 16.9. The summed E-state index contributed by atoms with van der Waals surface area (Å²) in [6, 6.07) is 3.37. The highest BCUT2D eigenvalue weighted by molar-refractivity contribution is 5.83. The Morgan fingerprint density at radius 2 is 2.14 bits per heavy atom. The van der Waals surface area contributed by atoms with Gasteiger partial charge in [-0.15, -0.1) is 0 Å². The van der Waals surface area contributed by atoms with Gasteiger partial charge in [0.2, 0.25) is 5.91 Å². The molecule has 0 spiro atoms. The lowest BCUT2D eigenvalue weighted by atomic mass is 10.2. The van der Waals surface area contributed by atoms with Crippen molar-refractivity contribution < 1.29 is 19.1 Å². The van der Waals surface area contributed by atoms with Gasteiger partial charge in [-0.3, -0.25) is 14.6 Å². The average molecular weight is 295 g/mol. The lowest BCUT2D eigenvalue weighted by Gasteiger charge is -2.21. The zero-order valence-electron chi connectivity index (χ0n) is 12.4. The Balaban J connectivity index is 2.65. The van der Waals surface area contributed by atoms with Crippen molar-refractivity contribution in [1.82, 2.24) is 9.88 Å². The van der Waals surface area contributed by atoms with Crippen LogP contribution in [0, 0.1) is 0 Å². The maximum atomic E-state index is 12.2. The summed E-state index contributed by atoms with van der Waals surface area (Å²) in [6.07, 6.45) is 1.59. The number of esters is 1. The summed E-state index contributed by atoms with van der Waals surface area (Å²) in [5, 5.41) is 0. The third kappa shape index (κ3) is 6.22. The third-order valence-electron chi connectivity index (χ3n) is 2.72. The van der Waals surface area contributed by atoms with E-state index in [1.54, 1.807) is 19.1 Å². The van der Waals surface area contributed by atoms with Crippen molar-refractivity contribution in [3.8, 4) is 0 Å². The number of carbonyl (C=O) groups excluding carboxylic acids is 2. The van der Waals surface area contributed by atoms with Crippen molar-refractivity contribution >= 4 is 17.6 Å². The number of ether oxygens (including phenoxy) is 2. The van der Waals surface area contributed by atoms with Crippen molar-refractivity contribution in [2.75, 3.05) is 39.1 Å². The predicted octanol–water partition coefficient (Wildman–Crippen LogP) is 0.244. The molecule has 0 aliphatic rings. The van der Waals surface area contributed by atoms with Crippen LogP contribution >= 0.6 is 0 Å². The van der Waals surface area contributed by atoms with Gasteiger partial charge < -0.3 is 20.1 Å². The van der Waals surface area contributed by atoms with E-state index in [1.807, 2.05) is 0 Å². The number of rotatable bonds is 8. The van der Waals surface area contributed by atoms with E-state index in [0.717, 1.165) is 0 Å². The van der Waals surface area contributed by atoms with Gasteiger partial charge in [0, 0.05) is 19.3 Å². The second-order valence-corrected chi connectivity index (χ2v) is 4.37. The maximum Gasteiger partial charge on any atom is 0.325 e. The quantitative estimate of drug-likeness (QED) is 0.691. The summed E-state index contributed by atoms with van der Waals surface area (Å²) in [6.45, 7) is 2.58. The molecule has 1 amide bonds. The Morgan fingerprint density at radius 1 is 1.38 bits per heavy atom. The van der Waals surface area contributed by atoms with Crippen LogP contribution in [0.25, 0.3) is 0 Å². The second kappa shape index (κ2) is 8.91. The van der Waals surface area contributed by atoms with Gasteiger partial charge in [0.05, 0.1) is 31.5 Å². The Kier molecular flexibility index (Phi) is 7.17. The molecule has 1 rings (SSSR count). The van der Waals surface area contributed by atoms with Crippen molar-refractivity contribution in [1.29, 1.82) is 0 Å². The van der Waals surface area contributed by atoms with Gasteiger partial charge in [0.25, 0.3) is 0 Å². The first-order valence-electron chi connectivity index (χ1n) is 6.69. The SMILES string of the molecule is CCOC(=O)CN(CCOC)C(=O)Cc1ccc(N)cn1. The minimum absolute atomic E-state index is 0.0923. The molecule has 0 aliphatic carbocycles. The molecule has 0 atom stereocenters. The number of carbonyl (C=O) groups is 2. The number of nitrogens with two attached hydrogens (primary N) is 1. The number of aromatic nitrogens is 1. The largest absolute Gasteiger partial charge is 0.465 e. The van der Waals surface area contributed by atoms with Crippen molar-refractivity contribution in [2.24, 2.45) is 0 Å². The van der Waals surface area contributed by atoms with E-state index in [-0.39, 0.29) is 25.5 Å². The minimum atomic E-state index is -0.438. The number of methoxy groups -OCH3 is 1. The molecular weight excluding hydrogens is 274 g/mol. The summed E-state index contributed by atoms with van der Waals surface area (Å²) in [4.78, 5) is 29.2. The number of pyridine rings is 1. The third-order valence-corrected chi connectivity index (χ3v) is 2.72.